The van der Waals surface area contributed by atoms with Crippen LogP contribution in [0.2, 0.25) is 0 Å². The molecule has 2 amide bonds. The van der Waals surface area contributed by atoms with E-state index in [1.54, 1.807) is 25.1 Å². The molecule has 25 heavy (non-hydrogen) atoms. The fourth-order valence-electron chi connectivity index (χ4n) is 2.48. The van der Waals surface area contributed by atoms with Gasteiger partial charge in [-0.2, -0.15) is 0 Å². The lowest BCUT2D eigenvalue weighted by atomic mass is 10.2. The molecular formula is C19H20N2O4. The highest BCUT2D eigenvalue weighted by Gasteiger charge is 2.23. The number of carbonyl (C=O) groups excluding carboxylic acids is 2. The maximum atomic E-state index is 12.1. The highest BCUT2D eigenvalue weighted by atomic mass is 16.5. The van der Waals surface area contributed by atoms with E-state index in [0.717, 1.165) is 11.3 Å². The second-order valence-corrected chi connectivity index (χ2v) is 5.87. The fourth-order valence-corrected chi connectivity index (χ4v) is 2.48. The van der Waals surface area contributed by atoms with E-state index in [2.05, 4.69) is 10.6 Å². The van der Waals surface area contributed by atoms with Crippen molar-refractivity contribution in [1.29, 1.82) is 0 Å². The average molecular weight is 340 g/mol. The van der Waals surface area contributed by atoms with Crippen LogP contribution in [0.1, 0.15) is 18.9 Å². The molecule has 1 aliphatic rings. The summed E-state index contributed by atoms with van der Waals surface area (Å²) in [4.78, 5) is 23.7. The minimum Gasteiger partial charge on any atom is -0.493 e. The molecule has 0 aliphatic carbocycles. The van der Waals surface area contributed by atoms with Gasteiger partial charge in [-0.1, -0.05) is 18.2 Å². The smallest absolute Gasteiger partial charge is 0.265 e. The topological polar surface area (TPSA) is 76.7 Å². The Morgan fingerprint density at radius 1 is 1.28 bits per heavy atom. The largest absolute Gasteiger partial charge is 0.493 e. The first-order chi connectivity index (χ1) is 12.0. The maximum Gasteiger partial charge on any atom is 0.265 e. The molecule has 2 aromatic carbocycles. The summed E-state index contributed by atoms with van der Waals surface area (Å²) in [5, 5.41) is 5.55. The minimum absolute atomic E-state index is 0.162. The molecular weight excluding hydrogens is 320 g/mol. The zero-order chi connectivity index (χ0) is 17.8. The van der Waals surface area contributed by atoms with E-state index in [1.165, 1.54) is 0 Å². The van der Waals surface area contributed by atoms with Gasteiger partial charge in [-0.05, 0) is 43.7 Å². The number of amides is 2. The van der Waals surface area contributed by atoms with Crippen molar-refractivity contribution < 1.29 is 19.1 Å². The van der Waals surface area contributed by atoms with Gasteiger partial charge in [0, 0.05) is 5.69 Å². The number of anilines is 2. The Bertz CT molecular complexity index is 804. The van der Waals surface area contributed by atoms with Crippen LogP contribution >= 0.6 is 0 Å². The molecule has 0 radical (unpaired) electrons. The summed E-state index contributed by atoms with van der Waals surface area (Å²) in [5.74, 6) is 0.999. The summed E-state index contributed by atoms with van der Waals surface area (Å²) in [6.45, 7) is 3.93. The van der Waals surface area contributed by atoms with Gasteiger partial charge in [0.15, 0.2) is 6.10 Å². The lowest BCUT2D eigenvalue weighted by molar-refractivity contribution is -0.122. The van der Waals surface area contributed by atoms with Gasteiger partial charge in [-0.15, -0.1) is 0 Å². The molecule has 6 nitrogen and oxygen atoms in total. The number of aryl methyl sites for hydroxylation is 1. The Morgan fingerprint density at radius 2 is 2.08 bits per heavy atom. The molecule has 0 unspecified atom stereocenters. The van der Waals surface area contributed by atoms with Crippen LogP contribution in [0.4, 0.5) is 11.4 Å². The first kappa shape index (κ1) is 16.8. The number of carbonyl (C=O) groups is 2. The zero-order valence-corrected chi connectivity index (χ0v) is 14.2. The first-order valence-electron chi connectivity index (χ1n) is 8.13. The van der Waals surface area contributed by atoms with Crippen molar-refractivity contribution in [2.45, 2.75) is 26.4 Å². The lowest BCUT2D eigenvalue weighted by Crippen LogP contribution is -2.34. The molecule has 0 saturated carbocycles. The summed E-state index contributed by atoms with van der Waals surface area (Å²) in [6, 6.07) is 12.8. The van der Waals surface area contributed by atoms with Gasteiger partial charge < -0.3 is 20.1 Å². The van der Waals surface area contributed by atoms with Crippen molar-refractivity contribution >= 4 is 23.2 Å². The van der Waals surface area contributed by atoms with Crippen molar-refractivity contribution in [3.63, 3.8) is 0 Å². The van der Waals surface area contributed by atoms with Gasteiger partial charge >= 0.3 is 0 Å². The molecule has 0 fully saturated rings. The van der Waals surface area contributed by atoms with E-state index in [9.17, 15) is 9.59 Å². The molecule has 1 aliphatic heterocycles. The van der Waals surface area contributed by atoms with Crippen LogP contribution < -0.4 is 20.1 Å². The summed E-state index contributed by atoms with van der Waals surface area (Å²) < 4.78 is 11.1. The average Bonchev–Trinajstić information content (AvgIpc) is 2.58. The number of fused-ring (bicyclic) bond motifs is 1. The predicted molar refractivity (Wildman–Crippen MR) is 95.1 cm³/mol. The predicted octanol–water partition coefficient (Wildman–Crippen LogP) is 3.12. The fraction of sp³-hybridized carbons (Fsp3) is 0.263. The third-order valence-corrected chi connectivity index (χ3v) is 3.87. The van der Waals surface area contributed by atoms with E-state index >= 15 is 0 Å². The van der Waals surface area contributed by atoms with E-state index < -0.39 is 6.10 Å². The highest BCUT2D eigenvalue weighted by molar-refractivity contribution is 5.99. The Kier molecular flexibility index (Phi) is 4.88. The van der Waals surface area contributed by atoms with Gasteiger partial charge in [0.05, 0.1) is 18.7 Å². The lowest BCUT2D eigenvalue weighted by Gasteiger charge is -2.23. The summed E-state index contributed by atoms with van der Waals surface area (Å²) in [5.41, 5.74) is 2.18. The molecule has 3 rings (SSSR count). The van der Waals surface area contributed by atoms with E-state index in [4.69, 9.17) is 9.47 Å². The maximum absolute atomic E-state index is 12.1. The zero-order valence-electron chi connectivity index (χ0n) is 14.2. The first-order valence-corrected chi connectivity index (χ1v) is 8.13. The summed E-state index contributed by atoms with van der Waals surface area (Å²) >= 11 is 0. The van der Waals surface area contributed by atoms with Gasteiger partial charge in [-0.3, -0.25) is 9.59 Å². The van der Waals surface area contributed by atoms with Gasteiger partial charge in [0.25, 0.3) is 5.91 Å². The highest BCUT2D eigenvalue weighted by Crippen LogP contribution is 2.32. The molecule has 0 saturated heterocycles. The number of nitrogens with one attached hydrogen (secondary N) is 2. The number of para-hydroxylation sites is 1. The van der Waals surface area contributed by atoms with Crippen LogP contribution in [0.5, 0.6) is 11.5 Å². The normalized spacial score (nSPS) is 15.6. The minimum atomic E-state index is -0.522. The molecule has 0 bridgehead atoms. The summed E-state index contributed by atoms with van der Waals surface area (Å²) in [7, 11) is 0. The molecule has 1 heterocycles. The van der Waals surface area contributed by atoms with Crippen LogP contribution in [-0.2, 0) is 9.59 Å². The van der Waals surface area contributed by atoms with Crippen LogP contribution in [0, 0.1) is 6.92 Å². The molecule has 6 heteroatoms. The molecule has 2 aromatic rings. The second kappa shape index (κ2) is 7.25. The standard InChI is InChI=1S/C19H20N2O4/c1-12-5-3-4-6-16(12)24-10-9-18(22)20-14-7-8-17-15(11-14)21-19(23)13(2)25-17/h3-8,11,13H,9-10H2,1-2H3,(H,20,22)(H,21,23)/t13-/m0/s1. The third kappa shape index (κ3) is 4.09. The van der Waals surface area contributed by atoms with Gasteiger partial charge in [0.2, 0.25) is 5.91 Å². The Hall–Kier alpha value is -3.02. The second-order valence-electron chi connectivity index (χ2n) is 5.87. The van der Waals surface area contributed by atoms with Crippen LogP contribution in [0.3, 0.4) is 0 Å². The van der Waals surface area contributed by atoms with Crippen LogP contribution in [0.25, 0.3) is 0 Å². The van der Waals surface area contributed by atoms with Crippen LogP contribution in [0.15, 0.2) is 42.5 Å². The quantitative estimate of drug-likeness (QED) is 0.877. The molecule has 0 aromatic heterocycles. The number of ether oxygens (including phenoxy) is 2. The van der Waals surface area contributed by atoms with Crippen molar-refractivity contribution in [3.05, 3.63) is 48.0 Å². The summed E-state index contributed by atoms with van der Waals surface area (Å²) in [6.07, 6.45) is -0.294. The number of rotatable bonds is 5. The Balaban J connectivity index is 1.54. The van der Waals surface area contributed by atoms with Gasteiger partial charge in [-0.25, -0.2) is 0 Å². The molecule has 2 N–H and O–H groups in total. The van der Waals surface area contributed by atoms with E-state index in [0.29, 0.717) is 23.7 Å². The van der Waals surface area contributed by atoms with Crippen molar-refractivity contribution in [2.75, 3.05) is 17.2 Å². The Morgan fingerprint density at radius 3 is 2.88 bits per heavy atom. The van der Waals surface area contributed by atoms with Crippen molar-refractivity contribution in [2.24, 2.45) is 0 Å². The Labute approximate surface area is 146 Å². The van der Waals surface area contributed by atoms with Crippen molar-refractivity contribution in [1.82, 2.24) is 0 Å². The molecule has 0 spiro atoms. The monoisotopic (exact) mass is 340 g/mol. The number of benzene rings is 2. The van der Waals surface area contributed by atoms with Crippen LogP contribution in [-0.4, -0.2) is 24.5 Å². The third-order valence-electron chi connectivity index (χ3n) is 3.87. The van der Waals surface area contributed by atoms with Crippen molar-refractivity contribution in [3.8, 4) is 11.5 Å². The van der Waals surface area contributed by atoms with E-state index in [1.807, 2.05) is 31.2 Å². The van der Waals surface area contributed by atoms with E-state index in [-0.39, 0.29) is 18.2 Å². The molecule has 130 valence electrons. The number of hydrogen-bond donors (Lipinski definition) is 2. The SMILES string of the molecule is Cc1ccccc1OCCC(=O)Nc1ccc2c(c1)NC(=O)[C@H](C)O2. The van der Waals surface area contributed by atoms with Gasteiger partial charge in [0.1, 0.15) is 11.5 Å². The number of hydrogen-bond acceptors (Lipinski definition) is 4. The molecule has 1 atom stereocenters.